The number of aryl methyl sites for hydroxylation is 1. The number of hydrogen-bond donors (Lipinski definition) is 1. The Morgan fingerprint density at radius 3 is 2.58 bits per heavy atom. The van der Waals surface area contributed by atoms with Crippen molar-refractivity contribution in [2.24, 2.45) is 0 Å². The number of rotatable bonds is 4. The molecule has 0 saturated heterocycles. The lowest BCUT2D eigenvalue weighted by molar-refractivity contribution is 0.632. The van der Waals surface area contributed by atoms with E-state index in [0.29, 0.717) is 0 Å². The van der Waals surface area contributed by atoms with Crippen LogP contribution in [0.5, 0.6) is 0 Å². The van der Waals surface area contributed by atoms with Gasteiger partial charge in [0, 0.05) is 10.0 Å². The van der Waals surface area contributed by atoms with E-state index in [1.54, 1.807) is 0 Å². The van der Waals surface area contributed by atoms with Crippen LogP contribution in [0.25, 0.3) is 0 Å². The van der Waals surface area contributed by atoms with E-state index in [0.717, 1.165) is 25.3 Å². The van der Waals surface area contributed by atoms with Crippen molar-refractivity contribution < 1.29 is 0 Å². The van der Waals surface area contributed by atoms with Gasteiger partial charge in [0.1, 0.15) is 0 Å². The summed E-state index contributed by atoms with van der Waals surface area (Å²) in [6.45, 7) is 5.03. The van der Waals surface area contributed by atoms with Crippen LogP contribution < -0.4 is 5.32 Å². The standard InChI is InChI=1S/C14H14BrCl2NS/c1-3-18-13(10-7-12(16)19-14(10)17)9-4-5-11(15)8(2)6-9/h4-7,13,18H,3H2,1-2H3. The van der Waals surface area contributed by atoms with Crippen LogP contribution in [0.15, 0.2) is 28.7 Å². The van der Waals surface area contributed by atoms with Crippen molar-refractivity contribution in [3.8, 4) is 0 Å². The van der Waals surface area contributed by atoms with Gasteiger partial charge in [-0.05, 0) is 36.7 Å². The van der Waals surface area contributed by atoms with E-state index in [4.69, 9.17) is 23.2 Å². The van der Waals surface area contributed by atoms with Gasteiger partial charge < -0.3 is 5.32 Å². The van der Waals surface area contributed by atoms with Crippen LogP contribution in [0.4, 0.5) is 0 Å². The first-order valence-electron chi connectivity index (χ1n) is 5.97. The molecule has 2 aromatic rings. The third-order valence-electron chi connectivity index (χ3n) is 2.92. The van der Waals surface area contributed by atoms with Crippen molar-refractivity contribution in [2.45, 2.75) is 19.9 Å². The maximum atomic E-state index is 6.28. The molecule has 1 N–H and O–H groups in total. The minimum atomic E-state index is 0.0769. The molecule has 2 rings (SSSR count). The molecule has 0 amide bonds. The Kier molecular flexibility index (Phi) is 5.32. The zero-order valence-electron chi connectivity index (χ0n) is 10.6. The Morgan fingerprint density at radius 2 is 2.05 bits per heavy atom. The van der Waals surface area contributed by atoms with E-state index in [-0.39, 0.29) is 6.04 Å². The fourth-order valence-corrected chi connectivity index (χ4v) is 3.79. The summed E-state index contributed by atoms with van der Waals surface area (Å²) in [6, 6.07) is 8.36. The van der Waals surface area contributed by atoms with Crippen molar-refractivity contribution in [1.29, 1.82) is 0 Å². The Bertz CT molecular complexity index is 583. The molecule has 102 valence electrons. The van der Waals surface area contributed by atoms with E-state index < -0.39 is 0 Å². The van der Waals surface area contributed by atoms with E-state index in [1.165, 1.54) is 22.5 Å². The van der Waals surface area contributed by atoms with Crippen LogP contribution in [0, 0.1) is 6.92 Å². The van der Waals surface area contributed by atoms with Crippen molar-refractivity contribution in [1.82, 2.24) is 5.32 Å². The molecule has 0 saturated carbocycles. The van der Waals surface area contributed by atoms with Gasteiger partial charge in [-0.2, -0.15) is 0 Å². The SMILES string of the molecule is CCNC(c1ccc(Br)c(C)c1)c1cc(Cl)sc1Cl. The van der Waals surface area contributed by atoms with Crippen molar-refractivity contribution in [2.75, 3.05) is 6.54 Å². The predicted molar refractivity (Wildman–Crippen MR) is 88.7 cm³/mol. The molecule has 0 bridgehead atoms. The molecule has 1 heterocycles. The van der Waals surface area contributed by atoms with Gasteiger partial charge in [0.25, 0.3) is 0 Å². The summed E-state index contributed by atoms with van der Waals surface area (Å²) in [7, 11) is 0. The molecule has 1 aromatic heterocycles. The second kappa shape index (κ2) is 6.59. The lowest BCUT2D eigenvalue weighted by Gasteiger charge is -2.19. The van der Waals surface area contributed by atoms with Gasteiger partial charge in [-0.1, -0.05) is 58.2 Å². The first-order chi connectivity index (χ1) is 9.02. The average molecular weight is 379 g/mol. The van der Waals surface area contributed by atoms with Gasteiger partial charge >= 0.3 is 0 Å². The van der Waals surface area contributed by atoms with E-state index in [2.05, 4.69) is 53.3 Å². The Balaban J connectivity index is 2.44. The highest BCUT2D eigenvalue weighted by atomic mass is 79.9. The summed E-state index contributed by atoms with van der Waals surface area (Å²) < 4.78 is 2.58. The molecule has 0 radical (unpaired) electrons. The fourth-order valence-electron chi connectivity index (χ4n) is 2.01. The molecule has 0 aliphatic carbocycles. The van der Waals surface area contributed by atoms with Crippen molar-refractivity contribution >= 4 is 50.5 Å². The summed E-state index contributed by atoms with van der Waals surface area (Å²) in [6.07, 6.45) is 0. The van der Waals surface area contributed by atoms with Gasteiger partial charge in [-0.3, -0.25) is 0 Å². The van der Waals surface area contributed by atoms with Crippen LogP contribution in [0.3, 0.4) is 0 Å². The van der Waals surface area contributed by atoms with E-state index in [9.17, 15) is 0 Å². The largest absolute Gasteiger partial charge is 0.306 e. The molecule has 1 aromatic carbocycles. The minimum absolute atomic E-state index is 0.0769. The molecule has 1 unspecified atom stereocenters. The van der Waals surface area contributed by atoms with Crippen LogP contribution in [-0.2, 0) is 0 Å². The maximum Gasteiger partial charge on any atom is 0.0995 e. The number of nitrogens with one attached hydrogen (secondary N) is 1. The van der Waals surface area contributed by atoms with Crippen LogP contribution in [-0.4, -0.2) is 6.54 Å². The van der Waals surface area contributed by atoms with Gasteiger partial charge in [-0.15, -0.1) is 11.3 Å². The van der Waals surface area contributed by atoms with Gasteiger partial charge in [0.2, 0.25) is 0 Å². The smallest absolute Gasteiger partial charge is 0.0995 e. The molecule has 0 fully saturated rings. The molecule has 0 spiro atoms. The third kappa shape index (κ3) is 3.53. The molecular formula is C14H14BrCl2NS. The quantitative estimate of drug-likeness (QED) is 0.706. The summed E-state index contributed by atoms with van der Waals surface area (Å²) in [5.41, 5.74) is 3.44. The highest BCUT2D eigenvalue weighted by Gasteiger charge is 2.19. The van der Waals surface area contributed by atoms with Crippen molar-refractivity contribution in [3.05, 3.63) is 54.1 Å². The molecule has 5 heteroatoms. The molecule has 0 aliphatic rings. The third-order valence-corrected chi connectivity index (χ3v) is 5.33. The van der Waals surface area contributed by atoms with Crippen molar-refractivity contribution in [3.63, 3.8) is 0 Å². The second-order valence-electron chi connectivity index (χ2n) is 4.28. The summed E-state index contributed by atoms with van der Waals surface area (Å²) >= 11 is 17.3. The normalized spacial score (nSPS) is 12.7. The highest BCUT2D eigenvalue weighted by Crippen LogP contribution is 2.38. The summed E-state index contributed by atoms with van der Waals surface area (Å²) in [4.78, 5) is 0. The number of benzene rings is 1. The van der Waals surface area contributed by atoms with Gasteiger partial charge in [-0.25, -0.2) is 0 Å². The van der Waals surface area contributed by atoms with Crippen LogP contribution >= 0.6 is 50.5 Å². The number of hydrogen-bond acceptors (Lipinski definition) is 2. The Labute approximate surface area is 136 Å². The van der Waals surface area contributed by atoms with E-state index in [1.807, 2.05) is 6.07 Å². The van der Waals surface area contributed by atoms with Crippen LogP contribution in [0.2, 0.25) is 8.67 Å². The molecule has 0 aliphatic heterocycles. The lowest BCUT2D eigenvalue weighted by atomic mass is 9.99. The molecule has 1 atom stereocenters. The number of halogens is 3. The Morgan fingerprint density at radius 1 is 1.32 bits per heavy atom. The summed E-state index contributed by atoms with van der Waals surface area (Å²) in [5.74, 6) is 0. The first kappa shape index (κ1) is 15.3. The molecular weight excluding hydrogens is 365 g/mol. The van der Waals surface area contributed by atoms with Gasteiger partial charge in [0.15, 0.2) is 0 Å². The lowest BCUT2D eigenvalue weighted by Crippen LogP contribution is -2.21. The minimum Gasteiger partial charge on any atom is -0.306 e. The zero-order chi connectivity index (χ0) is 14.0. The topological polar surface area (TPSA) is 12.0 Å². The number of thiophene rings is 1. The van der Waals surface area contributed by atoms with Crippen LogP contribution in [0.1, 0.15) is 29.7 Å². The maximum absolute atomic E-state index is 6.28. The predicted octanol–water partition coefficient (Wildman–Crippen LogP) is 5.82. The summed E-state index contributed by atoms with van der Waals surface area (Å²) in [5, 5.41) is 3.46. The second-order valence-corrected chi connectivity index (χ2v) is 7.42. The van der Waals surface area contributed by atoms with E-state index >= 15 is 0 Å². The highest BCUT2D eigenvalue weighted by molar-refractivity contribution is 9.10. The Hall–Kier alpha value is -0.0600. The first-order valence-corrected chi connectivity index (χ1v) is 8.33. The molecule has 1 nitrogen and oxygen atoms in total. The monoisotopic (exact) mass is 377 g/mol. The average Bonchev–Trinajstić information content (AvgIpc) is 2.69. The fraction of sp³-hybridized carbons (Fsp3) is 0.286. The molecule has 19 heavy (non-hydrogen) atoms. The zero-order valence-corrected chi connectivity index (χ0v) is 14.6. The van der Waals surface area contributed by atoms with Gasteiger partial charge in [0.05, 0.1) is 14.7 Å².